The highest BCUT2D eigenvalue weighted by atomic mass is 16.5. The summed E-state index contributed by atoms with van der Waals surface area (Å²) in [5.41, 5.74) is 8.85. The second-order valence-corrected chi connectivity index (χ2v) is 12.1. The Kier molecular flexibility index (Phi) is 8.15. The van der Waals surface area contributed by atoms with E-state index in [2.05, 4.69) is 71.4 Å². The molecule has 222 valence electrons. The van der Waals surface area contributed by atoms with Crippen LogP contribution in [0.1, 0.15) is 45.4 Å². The first-order valence-electron chi connectivity index (χ1n) is 15.1. The molecule has 1 aliphatic carbocycles. The molecule has 1 amide bonds. The maximum atomic E-state index is 14.3. The van der Waals surface area contributed by atoms with Crippen LogP contribution in [0.2, 0.25) is 0 Å². The average molecular weight is 570 g/mol. The van der Waals surface area contributed by atoms with Crippen LogP contribution in [0.15, 0.2) is 48.5 Å². The van der Waals surface area contributed by atoms with Crippen LogP contribution in [0.25, 0.3) is 0 Å². The van der Waals surface area contributed by atoms with Crippen molar-refractivity contribution in [2.24, 2.45) is 0 Å². The Morgan fingerprint density at radius 3 is 2.19 bits per heavy atom. The number of nitrogens with zero attached hydrogens (tertiary/aromatic N) is 2. The molecule has 7 nitrogen and oxygen atoms in total. The molecule has 0 unspecified atom stereocenters. The third kappa shape index (κ3) is 5.48. The van der Waals surface area contributed by atoms with E-state index in [0.29, 0.717) is 18.3 Å². The summed E-state index contributed by atoms with van der Waals surface area (Å²) in [6.07, 6.45) is 3.64. The predicted octanol–water partition coefficient (Wildman–Crippen LogP) is 4.61. The number of aryl methyl sites for hydroxylation is 2. The zero-order valence-electron chi connectivity index (χ0n) is 25.5. The summed E-state index contributed by atoms with van der Waals surface area (Å²) in [6, 6.07) is 17.6. The zero-order chi connectivity index (χ0) is 29.4. The van der Waals surface area contributed by atoms with Gasteiger partial charge in [-0.05, 0) is 96.7 Å². The first kappa shape index (κ1) is 28.6. The van der Waals surface area contributed by atoms with Gasteiger partial charge in [0.25, 0.3) is 0 Å². The Morgan fingerprint density at radius 2 is 1.52 bits per heavy atom. The Balaban J connectivity index is 1.21. The second-order valence-electron chi connectivity index (χ2n) is 12.1. The molecule has 1 fully saturated rings. The number of carbonyl (C=O) groups is 1. The number of hydrogen-bond acceptors (Lipinski definition) is 6. The topological polar surface area (TPSA) is 63.3 Å². The smallest absolute Gasteiger partial charge is 0.240 e. The number of methoxy groups -OCH3 is 3. The van der Waals surface area contributed by atoms with Gasteiger partial charge in [-0.1, -0.05) is 30.3 Å². The number of ether oxygens (including phenoxy) is 3. The Bertz CT molecular complexity index is 1450. The molecule has 6 rings (SSSR count). The molecule has 2 heterocycles. The fraction of sp³-hybridized carbons (Fsp3) is 0.457. The average Bonchev–Trinajstić information content (AvgIpc) is 3.64. The van der Waals surface area contributed by atoms with E-state index in [9.17, 15) is 4.79 Å². The number of carbonyl (C=O) groups excluding carboxylic acids is 1. The van der Waals surface area contributed by atoms with Gasteiger partial charge in [0.2, 0.25) is 5.91 Å². The van der Waals surface area contributed by atoms with Crippen LogP contribution in [0.4, 0.5) is 0 Å². The van der Waals surface area contributed by atoms with Gasteiger partial charge < -0.3 is 24.4 Å². The van der Waals surface area contributed by atoms with E-state index in [-0.39, 0.29) is 18.0 Å². The molecule has 2 aliphatic heterocycles. The van der Waals surface area contributed by atoms with Crippen molar-refractivity contribution in [2.45, 2.75) is 70.7 Å². The second kappa shape index (κ2) is 12.0. The number of nitrogens with one attached hydrogen (secondary N) is 1. The minimum Gasteiger partial charge on any atom is -0.496 e. The van der Waals surface area contributed by atoms with Crippen LogP contribution in [0, 0.1) is 13.8 Å². The summed E-state index contributed by atoms with van der Waals surface area (Å²) in [4.78, 5) is 18.9. The minimum atomic E-state index is -0.137. The monoisotopic (exact) mass is 569 g/mol. The maximum absolute atomic E-state index is 14.3. The first-order chi connectivity index (χ1) is 20.4. The molecule has 3 aromatic carbocycles. The molecule has 3 aliphatic rings. The van der Waals surface area contributed by atoms with E-state index < -0.39 is 0 Å². The molecular weight excluding hydrogens is 526 g/mol. The number of benzene rings is 3. The highest BCUT2D eigenvalue weighted by molar-refractivity contribution is 5.83. The van der Waals surface area contributed by atoms with Gasteiger partial charge in [-0.3, -0.25) is 9.69 Å². The lowest BCUT2D eigenvalue weighted by molar-refractivity contribution is -0.137. The van der Waals surface area contributed by atoms with Gasteiger partial charge in [-0.25, -0.2) is 0 Å². The van der Waals surface area contributed by atoms with E-state index in [0.717, 1.165) is 67.9 Å². The summed E-state index contributed by atoms with van der Waals surface area (Å²) < 4.78 is 16.6. The minimum absolute atomic E-state index is 0.137. The van der Waals surface area contributed by atoms with Crippen molar-refractivity contribution in [3.8, 4) is 17.2 Å². The van der Waals surface area contributed by atoms with Gasteiger partial charge in [-0.2, -0.15) is 0 Å². The quantitative estimate of drug-likeness (QED) is 0.428. The van der Waals surface area contributed by atoms with Crippen molar-refractivity contribution >= 4 is 5.91 Å². The summed E-state index contributed by atoms with van der Waals surface area (Å²) in [5.74, 6) is 2.63. The summed E-state index contributed by atoms with van der Waals surface area (Å²) in [6.45, 7) is 7.21. The van der Waals surface area contributed by atoms with Gasteiger partial charge in [0.05, 0.1) is 27.4 Å². The molecule has 7 heteroatoms. The molecule has 3 aromatic rings. The maximum Gasteiger partial charge on any atom is 0.240 e. The third-order valence-corrected chi connectivity index (χ3v) is 9.59. The fourth-order valence-electron chi connectivity index (χ4n) is 7.22. The van der Waals surface area contributed by atoms with Gasteiger partial charge in [0.15, 0.2) is 11.5 Å². The van der Waals surface area contributed by atoms with Crippen LogP contribution in [0.5, 0.6) is 17.2 Å². The molecule has 0 spiro atoms. The third-order valence-electron chi connectivity index (χ3n) is 9.59. The highest BCUT2D eigenvalue weighted by Crippen LogP contribution is 2.35. The lowest BCUT2D eigenvalue weighted by Gasteiger charge is -2.36. The molecule has 2 atom stereocenters. The van der Waals surface area contributed by atoms with E-state index >= 15 is 0 Å². The summed E-state index contributed by atoms with van der Waals surface area (Å²) >= 11 is 0. The number of fused-ring (bicyclic) bond motifs is 2. The largest absolute Gasteiger partial charge is 0.496 e. The van der Waals surface area contributed by atoms with Crippen molar-refractivity contribution < 1.29 is 19.0 Å². The standard InChI is InChI=1S/C35H43N3O4/c1-22-13-32(40-3)23(2)12-27(22)19-36-29-18-31(38(21-29)30-14-24-8-6-7-9-25(24)15-30)35(39)37-11-10-26-16-33(41-4)34(42-5)17-28(26)20-37/h6-9,12-13,16-17,29-31,36H,10-11,14-15,18-21H2,1-5H3/t29-,31-/m0/s1. The van der Waals surface area contributed by atoms with Crippen molar-refractivity contribution in [3.05, 3.63) is 87.5 Å². The number of hydrogen-bond donors (Lipinski definition) is 1. The number of amides is 1. The van der Waals surface area contributed by atoms with Crippen molar-refractivity contribution in [2.75, 3.05) is 34.4 Å². The summed E-state index contributed by atoms with van der Waals surface area (Å²) in [5, 5.41) is 3.83. The van der Waals surface area contributed by atoms with E-state index in [4.69, 9.17) is 14.2 Å². The first-order valence-corrected chi connectivity index (χ1v) is 15.1. The van der Waals surface area contributed by atoms with Crippen LogP contribution in [-0.2, 0) is 37.1 Å². The van der Waals surface area contributed by atoms with Gasteiger partial charge >= 0.3 is 0 Å². The zero-order valence-corrected chi connectivity index (χ0v) is 25.5. The number of likely N-dealkylation sites (tertiary alicyclic amines) is 1. The highest BCUT2D eigenvalue weighted by Gasteiger charge is 2.43. The molecular formula is C35H43N3O4. The van der Waals surface area contributed by atoms with Crippen molar-refractivity contribution in [1.82, 2.24) is 15.1 Å². The van der Waals surface area contributed by atoms with Crippen LogP contribution in [-0.4, -0.2) is 68.3 Å². The van der Waals surface area contributed by atoms with Crippen molar-refractivity contribution in [1.29, 1.82) is 0 Å². The fourth-order valence-corrected chi connectivity index (χ4v) is 7.22. The van der Waals surface area contributed by atoms with Gasteiger partial charge in [0.1, 0.15) is 5.75 Å². The molecule has 1 N–H and O–H groups in total. The lowest BCUT2D eigenvalue weighted by Crippen LogP contribution is -2.50. The SMILES string of the molecule is COc1cc(C)c(CN[C@H]2C[C@@H](C(=O)N3CCc4cc(OC)c(OC)cc4C3)N(C3Cc4ccccc4C3)C2)cc1C. The Hall–Kier alpha value is -3.55. The van der Waals surface area contributed by atoms with Crippen LogP contribution < -0.4 is 19.5 Å². The van der Waals surface area contributed by atoms with E-state index in [1.54, 1.807) is 21.3 Å². The summed E-state index contributed by atoms with van der Waals surface area (Å²) in [7, 11) is 5.05. The normalized spacial score (nSPS) is 20.4. The van der Waals surface area contributed by atoms with E-state index in [1.165, 1.54) is 27.8 Å². The van der Waals surface area contributed by atoms with E-state index in [1.807, 2.05) is 6.07 Å². The predicted molar refractivity (Wildman–Crippen MR) is 165 cm³/mol. The molecule has 0 bridgehead atoms. The molecule has 0 saturated carbocycles. The molecule has 1 saturated heterocycles. The molecule has 42 heavy (non-hydrogen) atoms. The Morgan fingerprint density at radius 1 is 0.857 bits per heavy atom. The van der Waals surface area contributed by atoms with Crippen molar-refractivity contribution in [3.63, 3.8) is 0 Å². The molecule has 0 aromatic heterocycles. The number of rotatable bonds is 8. The lowest BCUT2D eigenvalue weighted by atomic mass is 9.97. The van der Waals surface area contributed by atoms with Gasteiger partial charge in [-0.15, -0.1) is 0 Å². The van der Waals surface area contributed by atoms with Crippen LogP contribution >= 0.6 is 0 Å². The Labute approximate surface area is 249 Å². The molecule has 0 radical (unpaired) electrons. The van der Waals surface area contributed by atoms with Gasteiger partial charge in [0, 0.05) is 38.3 Å². The van der Waals surface area contributed by atoms with Crippen LogP contribution in [0.3, 0.4) is 0 Å².